The first-order chi connectivity index (χ1) is 11.6. The van der Waals surface area contributed by atoms with E-state index < -0.39 is 44.1 Å². The van der Waals surface area contributed by atoms with Gasteiger partial charge in [0.2, 0.25) is 10.0 Å². The second-order valence-corrected chi connectivity index (χ2v) is 9.14. The fraction of sp³-hybridized carbons (Fsp3) is 0.429. The minimum absolute atomic E-state index is 0.0515. The van der Waals surface area contributed by atoms with Gasteiger partial charge in [0.1, 0.15) is 12.1 Å². The summed E-state index contributed by atoms with van der Waals surface area (Å²) >= 11 is 0. The van der Waals surface area contributed by atoms with Gasteiger partial charge in [0.05, 0.1) is 40.2 Å². The monoisotopic (exact) mass is 387 g/mol. The average Bonchev–Trinajstić information content (AvgIpc) is 2.58. The maximum Gasteiger partial charge on any atom is 0.211 e. The number of rotatable bonds is 9. The van der Waals surface area contributed by atoms with Crippen LogP contribution in [0.3, 0.4) is 0 Å². The lowest BCUT2D eigenvalue weighted by molar-refractivity contribution is 0.0988. The molecule has 25 heavy (non-hydrogen) atoms. The number of nitrogens with one attached hydrogen (secondary N) is 1. The first-order valence-electron chi connectivity index (χ1n) is 7.08. The topological polar surface area (TPSA) is 168 Å². The minimum Gasteiger partial charge on any atom is -0.394 e. The van der Waals surface area contributed by atoms with Gasteiger partial charge in [-0.2, -0.15) is 10.5 Å². The fourth-order valence-corrected chi connectivity index (χ4v) is 4.45. The summed E-state index contributed by atoms with van der Waals surface area (Å²) in [5, 5.41) is 35.5. The lowest BCUT2D eigenvalue weighted by Gasteiger charge is -2.10. The van der Waals surface area contributed by atoms with Gasteiger partial charge in [-0.05, 0) is 24.6 Å². The summed E-state index contributed by atoms with van der Waals surface area (Å²) in [5.74, 6) is -0.945. The third kappa shape index (κ3) is 6.42. The van der Waals surface area contributed by atoms with Crippen LogP contribution in [-0.2, 0) is 19.9 Å². The largest absolute Gasteiger partial charge is 0.394 e. The van der Waals surface area contributed by atoms with E-state index in [1.165, 1.54) is 12.1 Å². The predicted octanol–water partition coefficient (Wildman–Crippen LogP) is -1.13. The van der Waals surface area contributed by atoms with E-state index in [2.05, 4.69) is 4.72 Å². The summed E-state index contributed by atoms with van der Waals surface area (Å²) in [6, 6.07) is 7.01. The molecular weight excluding hydrogens is 370 g/mol. The highest BCUT2D eigenvalue weighted by atomic mass is 32.2. The highest BCUT2D eigenvalue weighted by molar-refractivity contribution is 7.91. The number of sulfonamides is 1. The molecule has 0 radical (unpaired) electrons. The number of benzene rings is 1. The Hall–Kier alpha value is -2.02. The Morgan fingerprint density at radius 1 is 1.08 bits per heavy atom. The van der Waals surface area contributed by atoms with Crippen LogP contribution in [0.2, 0.25) is 0 Å². The van der Waals surface area contributed by atoms with Gasteiger partial charge in [0.15, 0.2) is 9.84 Å². The summed E-state index contributed by atoms with van der Waals surface area (Å²) in [6.45, 7) is -0.969. The predicted molar refractivity (Wildman–Crippen MR) is 87.4 cm³/mol. The van der Waals surface area contributed by atoms with Crippen molar-refractivity contribution < 1.29 is 27.0 Å². The number of hydrogen-bond acceptors (Lipinski definition) is 8. The zero-order valence-corrected chi connectivity index (χ0v) is 14.7. The van der Waals surface area contributed by atoms with Crippen molar-refractivity contribution in [3.63, 3.8) is 0 Å². The summed E-state index contributed by atoms with van der Waals surface area (Å²) in [5.41, 5.74) is -0.0217. The first-order valence-corrected chi connectivity index (χ1v) is 10.4. The molecular formula is C14H17N3O6S2. The van der Waals surface area contributed by atoms with E-state index in [1.54, 1.807) is 12.1 Å². The van der Waals surface area contributed by atoms with Crippen molar-refractivity contribution in [2.75, 3.05) is 24.7 Å². The molecule has 9 nitrogen and oxygen atoms in total. The molecule has 0 spiro atoms. The van der Waals surface area contributed by atoms with Crippen molar-refractivity contribution in [3.8, 4) is 12.1 Å². The standard InChI is InChI=1S/C14H17N3O6S2/c15-7-11-2-3-14(6-12(11)8-16)24(20,21)4-1-5-25(22,23)17-9-13(19)10-18/h2-3,6,13,17-19H,1,4-5,9-10H2. The summed E-state index contributed by atoms with van der Waals surface area (Å²) in [6.07, 6.45) is -1.43. The van der Waals surface area contributed by atoms with Crippen LogP contribution in [-0.4, -0.2) is 57.8 Å². The molecule has 0 fully saturated rings. The van der Waals surface area contributed by atoms with Crippen molar-refractivity contribution in [1.29, 1.82) is 10.5 Å². The van der Waals surface area contributed by atoms with Crippen molar-refractivity contribution in [2.45, 2.75) is 17.4 Å². The SMILES string of the molecule is N#Cc1ccc(S(=O)(=O)CCCS(=O)(=O)NCC(O)CO)cc1C#N. The van der Waals surface area contributed by atoms with E-state index in [0.29, 0.717) is 0 Å². The van der Waals surface area contributed by atoms with Crippen LogP contribution in [0.4, 0.5) is 0 Å². The molecule has 0 aliphatic carbocycles. The van der Waals surface area contributed by atoms with E-state index in [-0.39, 0.29) is 29.0 Å². The molecule has 0 aromatic heterocycles. The highest BCUT2D eigenvalue weighted by Crippen LogP contribution is 2.17. The Kier molecular flexibility index (Phi) is 7.48. The third-order valence-electron chi connectivity index (χ3n) is 3.17. The Labute approximate surface area is 146 Å². The number of nitriles is 2. The maximum absolute atomic E-state index is 12.2. The van der Waals surface area contributed by atoms with Gasteiger partial charge < -0.3 is 10.2 Å². The fourth-order valence-electron chi connectivity index (χ4n) is 1.82. The molecule has 0 saturated heterocycles. The van der Waals surface area contributed by atoms with Crippen LogP contribution in [0.15, 0.2) is 23.1 Å². The van der Waals surface area contributed by atoms with Gasteiger partial charge in [0.25, 0.3) is 0 Å². The Morgan fingerprint density at radius 2 is 1.72 bits per heavy atom. The number of aliphatic hydroxyl groups excluding tert-OH is 2. The zero-order chi connectivity index (χ0) is 19.1. The van der Waals surface area contributed by atoms with Crippen molar-refractivity contribution in [2.24, 2.45) is 0 Å². The lowest BCUT2D eigenvalue weighted by atomic mass is 10.1. The van der Waals surface area contributed by atoms with E-state index in [9.17, 15) is 16.8 Å². The molecule has 1 aromatic carbocycles. The molecule has 0 bridgehead atoms. The van der Waals surface area contributed by atoms with Gasteiger partial charge >= 0.3 is 0 Å². The Bertz CT molecular complexity index is 897. The number of hydrogen-bond donors (Lipinski definition) is 3. The molecule has 0 saturated carbocycles. The smallest absolute Gasteiger partial charge is 0.211 e. The molecule has 1 atom stereocenters. The van der Waals surface area contributed by atoms with Crippen LogP contribution in [0, 0.1) is 22.7 Å². The van der Waals surface area contributed by atoms with Crippen LogP contribution in [0.1, 0.15) is 17.5 Å². The third-order valence-corrected chi connectivity index (χ3v) is 6.40. The number of aliphatic hydroxyl groups is 2. The van der Waals surface area contributed by atoms with Gasteiger partial charge in [0, 0.05) is 6.54 Å². The summed E-state index contributed by atoms with van der Waals surface area (Å²) < 4.78 is 49.9. The molecule has 3 N–H and O–H groups in total. The van der Waals surface area contributed by atoms with E-state index in [0.717, 1.165) is 6.07 Å². The molecule has 0 aliphatic heterocycles. The quantitative estimate of drug-likeness (QED) is 0.478. The summed E-state index contributed by atoms with van der Waals surface area (Å²) in [4.78, 5) is -0.163. The van der Waals surface area contributed by atoms with E-state index in [1.807, 2.05) is 0 Å². The van der Waals surface area contributed by atoms with E-state index >= 15 is 0 Å². The molecule has 0 heterocycles. The number of sulfone groups is 1. The normalized spacial score (nSPS) is 13.0. The van der Waals surface area contributed by atoms with Gasteiger partial charge in [-0.15, -0.1) is 0 Å². The zero-order valence-electron chi connectivity index (χ0n) is 13.1. The molecule has 1 aromatic rings. The minimum atomic E-state index is -3.82. The molecule has 0 aliphatic rings. The van der Waals surface area contributed by atoms with Crippen LogP contribution in [0.5, 0.6) is 0 Å². The van der Waals surface area contributed by atoms with Crippen molar-refractivity contribution in [1.82, 2.24) is 4.72 Å². The van der Waals surface area contributed by atoms with Gasteiger partial charge in [-0.1, -0.05) is 0 Å². The number of nitrogens with zero attached hydrogens (tertiary/aromatic N) is 2. The van der Waals surface area contributed by atoms with Gasteiger partial charge in [-0.3, -0.25) is 0 Å². The van der Waals surface area contributed by atoms with E-state index in [4.69, 9.17) is 20.7 Å². The second-order valence-electron chi connectivity index (χ2n) is 5.11. The van der Waals surface area contributed by atoms with Crippen LogP contribution in [0.25, 0.3) is 0 Å². The maximum atomic E-state index is 12.2. The van der Waals surface area contributed by atoms with Gasteiger partial charge in [-0.25, -0.2) is 21.6 Å². The first kappa shape index (κ1) is 21.0. The van der Waals surface area contributed by atoms with Crippen LogP contribution >= 0.6 is 0 Å². The molecule has 136 valence electrons. The van der Waals surface area contributed by atoms with Crippen LogP contribution < -0.4 is 4.72 Å². The molecule has 1 unspecified atom stereocenters. The Morgan fingerprint density at radius 3 is 2.28 bits per heavy atom. The molecule has 1 rings (SSSR count). The highest BCUT2D eigenvalue weighted by Gasteiger charge is 2.19. The molecule has 0 amide bonds. The van der Waals surface area contributed by atoms with Crippen molar-refractivity contribution in [3.05, 3.63) is 29.3 Å². The molecule has 11 heteroatoms. The van der Waals surface area contributed by atoms with Crippen molar-refractivity contribution >= 4 is 19.9 Å². The lowest BCUT2D eigenvalue weighted by Crippen LogP contribution is -2.35. The second kappa shape index (κ2) is 8.89. The summed E-state index contributed by atoms with van der Waals surface area (Å²) in [7, 11) is -7.61. The Balaban J connectivity index is 2.74. The average molecular weight is 387 g/mol.